The second-order valence-corrected chi connectivity index (χ2v) is 6.02. The summed E-state index contributed by atoms with van der Waals surface area (Å²) in [5.41, 5.74) is 0.144. The van der Waals surface area contributed by atoms with Gasteiger partial charge in [-0.2, -0.15) is 0 Å². The standard InChI is InChI=1S/C12H25N3O/c1-10-8-14(5)6-7-15(10)11(16)13-9-12(2,3)4/h10H,6-9H2,1-5H3,(H,13,16). The number of amides is 2. The minimum absolute atomic E-state index is 0.0792. The summed E-state index contributed by atoms with van der Waals surface area (Å²) < 4.78 is 0. The molecule has 0 spiro atoms. The summed E-state index contributed by atoms with van der Waals surface area (Å²) in [4.78, 5) is 16.2. The lowest BCUT2D eigenvalue weighted by Gasteiger charge is -2.38. The molecule has 0 bridgehead atoms. The Balaban J connectivity index is 2.42. The monoisotopic (exact) mass is 227 g/mol. The molecule has 2 amide bonds. The van der Waals surface area contributed by atoms with Gasteiger partial charge in [-0.25, -0.2) is 4.79 Å². The maximum Gasteiger partial charge on any atom is 0.317 e. The number of piperazine rings is 1. The Morgan fingerprint density at radius 2 is 2.00 bits per heavy atom. The molecule has 1 aliphatic rings. The van der Waals surface area contributed by atoms with Crippen LogP contribution < -0.4 is 5.32 Å². The van der Waals surface area contributed by atoms with E-state index in [4.69, 9.17) is 0 Å². The molecule has 0 radical (unpaired) electrons. The van der Waals surface area contributed by atoms with Crippen LogP contribution >= 0.6 is 0 Å². The SMILES string of the molecule is CC1CN(C)CCN1C(=O)NCC(C)(C)C. The number of carbonyl (C=O) groups is 1. The Hall–Kier alpha value is -0.770. The predicted octanol–water partition coefficient (Wildman–Crippen LogP) is 1.38. The maximum atomic E-state index is 12.0. The normalized spacial score (nSPS) is 23.3. The Morgan fingerprint density at radius 3 is 2.50 bits per heavy atom. The number of rotatable bonds is 1. The highest BCUT2D eigenvalue weighted by atomic mass is 16.2. The van der Waals surface area contributed by atoms with Gasteiger partial charge < -0.3 is 15.1 Å². The summed E-state index contributed by atoms with van der Waals surface area (Å²) in [6, 6.07) is 0.384. The van der Waals surface area contributed by atoms with Gasteiger partial charge in [0.15, 0.2) is 0 Å². The number of likely N-dealkylation sites (N-methyl/N-ethyl adjacent to an activating group) is 1. The van der Waals surface area contributed by atoms with Crippen LogP contribution in [0, 0.1) is 5.41 Å². The highest BCUT2D eigenvalue weighted by Gasteiger charge is 2.26. The van der Waals surface area contributed by atoms with Crippen LogP contribution in [0.15, 0.2) is 0 Å². The molecular formula is C12H25N3O. The lowest BCUT2D eigenvalue weighted by Crippen LogP contribution is -2.56. The number of urea groups is 1. The van der Waals surface area contributed by atoms with Crippen molar-refractivity contribution >= 4 is 6.03 Å². The zero-order valence-electron chi connectivity index (χ0n) is 11.2. The van der Waals surface area contributed by atoms with Gasteiger partial charge in [0.05, 0.1) is 0 Å². The molecule has 0 aromatic carbocycles. The average Bonchev–Trinajstić information content (AvgIpc) is 2.13. The number of carbonyl (C=O) groups excluding carboxylic acids is 1. The third-order valence-corrected chi connectivity index (χ3v) is 2.86. The molecule has 0 saturated carbocycles. The smallest absolute Gasteiger partial charge is 0.317 e. The second kappa shape index (κ2) is 5.04. The molecule has 0 aromatic rings. The van der Waals surface area contributed by atoms with Gasteiger partial charge in [0.25, 0.3) is 0 Å². The van der Waals surface area contributed by atoms with E-state index in [2.05, 4.69) is 45.0 Å². The first-order valence-corrected chi connectivity index (χ1v) is 6.02. The van der Waals surface area contributed by atoms with Gasteiger partial charge in [-0.15, -0.1) is 0 Å². The second-order valence-electron chi connectivity index (χ2n) is 6.02. The summed E-state index contributed by atoms with van der Waals surface area (Å²) in [6.45, 7) is 12.0. The van der Waals surface area contributed by atoms with Gasteiger partial charge >= 0.3 is 6.03 Å². The molecule has 1 heterocycles. The summed E-state index contributed by atoms with van der Waals surface area (Å²) in [5, 5.41) is 3.01. The summed E-state index contributed by atoms with van der Waals surface area (Å²) >= 11 is 0. The molecule has 1 rings (SSSR count). The van der Waals surface area contributed by atoms with E-state index in [1.54, 1.807) is 0 Å². The van der Waals surface area contributed by atoms with Crippen LogP contribution in [0.3, 0.4) is 0 Å². The molecule has 0 aromatic heterocycles. The third-order valence-electron chi connectivity index (χ3n) is 2.86. The van der Waals surface area contributed by atoms with Crippen molar-refractivity contribution in [2.45, 2.75) is 33.7 Å². The number of nitrogens with zero attached hydrogens (tertiary/aromatic N) is 2. The van der Waals surface area contributed by atoms with Crippen LogP contribution in [0.1, 0.15) is 27.7 Å². The fourth-order valence-electron chi connectivity index (χ4n) is 1.88. The van der Waals surface area contributed by atoms with Crippen molar-refractivity contribution in [1.29, 1.82) is 0 Å². The van der Waals surface area contributed by atoms with E-state index in [0.717, 1.165) is 26.2 Å². The average molecular weight is 227 g/mol. The van der Waals surface area contributed by atoms with Crippen LogP contribution in [-0.4, -0.2) is 55.1 Å². The van der Waals surface area contributed by atoms with Crippen molar-refractivity contribution in [2.24, 2.45) is 5.41 Å². The lowest BCUT2D eigenvalue weighted by molar-refractivity contribution is 0.115. The number of hydrogen-bond donors (Lipinski definition) is 1. The van der Waals surface area contributed by atoms with Crippen molar-refractivity contribution in [3.63, 3.8) is 0 Å². The van der Waals surface area contributed by atoms with Crippen LogP contribution in [0.4, 0.5) is 4.79 Å². The molecule has 1 saturated heterocycles. The van der Waals surface area contributed by atoms with Crippen molar-refractivity contribution < 1.29 is 4.79 Å². The van der Waals surface area contributed by atoms with E-state index in [1.165, 1.54) is 0 Å². The van der Waals surface area contributed by atoms with Gasteiger partial charge in [0, 0.05) is 32.2 Å². The van der Waals surface area contributed by atoms with Crippen molar-refractivity contribution in [2.75, 3.05) is 33.2 Å². The Kier molecular flexibility index (Phi) is 4.19. The first-order valence-electron chi connectivity index (χ1n) is 6.02. The van der Waals surface area contributed by atoms with Gasteiger partial charge in [-0.3, -0.25) is 0 Å². The zero-order chi connectivity index (χ0) is 12.3. The van der Waals surface area contributed by atoms with Crippen LogP contribution in [0.25, 0.3) is 0 Å². The van der Waals surface area contributed by atoms with Crippen molar-refractivity contribution in [3.05, 3.63) is 0 Å². The predicted molar refractivity (Wildman–Crippen MR) is 66.5 cm³/mol. The third kappa shape index (κ3) is 4.00. The minimum Gasteiger partial charge on any atom is -0.337 e. The first kappa shape index (κ1) is 13.3. The van der Waals surface area contributed by atoms with Crippen molar-refractivity contribution in [3.8, 4) is 0 Å². The highest BCUT2D eigenvalue weighted by Crippen LogP contribution is 2.12. The van der Waals surface area contributed by atoms with E-state index < -0.39 is 0 Å². The molecule has 1 N–H and O–H groups in total. The molecule has 4 heteroatoms. The van der Waals surface area contributed by atoms with Crippen LogP contribution in [-0.2, 0) is 0 Å². The summed E-state index contributed by atoms with van der Waals surface area (Å²) in [5.74, 6) is 0. The summed E-state index contributed by atoms with van der Waals surface area (Å²) in [6.07, 6.45) is 0. The minimum atomic E-state index is 0.0792. The molecule has 1 aliphatic heterocycles. The lowest BCUT2D eigenvalue weighted by atomic mass is 9.97. The first-order chi connectivity index (χ1) is 7.29. The van der Waals surface area contributed by atoms with E-state index in [0.29, 0.717) is 6.04 Å². The van der Waals surface area contributed by atoms with Crippen LogP contribution in [0.2, 0.25) is 0 Å². The Morgan fingerprint density at radius 1 is 1.38 bits per heavy atom. The zero-order valence-corrected chi connectivity index (χ0v) is 11.2. The maximum absolute atomic E-state index is 12.0. The van der Waals surface area contributed by atoms with Gasteiger partial charge in [0.1, 0.15) is 0 Å². The largest absolute Gasteiger partial charge is 0.337 e. The van der Waals surface area contributed by atoms with Crippen molar-refractivity contribution in [1.82, 2.24) is 15.1 Å². The molecule has 16 heavy (non-hydrogen) atoms. The van der Waals surface area contributed by atoms with Crippen LogP contribution in [0.5, 0.6) is 0 Å². The molecule has 1 atom stereocenters. The quantitative estimate of drug-likeness (QED) is 0.734. The number of hydrogen-bond acceptors (Lipinski definition) is 2. The molecule has 1 unspecified atom stereocenters. The molecule has 94 valence electrons. The molecule has 0 aliphatic carbocycles. The molecule has 1 fully saturated rings. The molecular weight excluding hydrogens is 202 g/mol. The van der Waals surface area contributed by atoms with Gasteiger partial charge in [-0.1, -0.05) is 20.8 Å². The highest BCUT2D eigenvalue weighted by molar-refractivity contribution is 5.74. The fourth-order valence-corrected chi connectivity index (χ4v) is 1.88. The van der Waals surface area contributed by atoms with Gasteiger partial charge in [-0.05, 0) is 19.4 Å². The molecule has 4 nitrogen and oxygen atoms in total. The van der Waals surface area contributed by atoms with E-state index in [-0.39, 0.29) is 11.4 Å². The Labute approximate surface area is 99.0 Å². The van der Waals surface area contributed by atoms with E-state index in [1.807, 2.05) is 4.90 Å². The fraction of sp³-hybridized carbons (Fsp3) is 0.917. The van der Waals surface area contributed by atoms with E-state index in [9.17, 15) is 4.79 Å². The Bertz CT molecular complexity index is 247. The number of nitrogens with one attached hydrogen (secondary N) is 1. The van der Waals surface area contributed by atoms with E-state index >= 15 is 0 Å². The topological polar surface area (TPSA) is 35.6 Å². The summed E-state index contributed by atoms with van der Waals surface area (Å²) in [7, 11) is 2.10. The van der Waals surface area contributed by atoms with Gasteiger partial charge in [0.2, 0.25) is 0 Å².